The number of nitrogens with zero attached hydrogens (tertiary/aromatic N) is 1. The maximum Gasteiger partial charge on any atom is 0.230 e. The van der Waals surface area contributed by atoms with Crippen LogP contribution in [0.1, 0.15) is 43.9 Å². The fourth-order valence-corrected chi connectivity index (χ4v) is 2.42. The van der Waals surface area contributed by atoms with E-state index in [0.29, 0.717) is 19.4 Å². The topological polar surface area (TPSA) is 58.6 Å². The molecular formula is C16H22N2O3. The fraction of sp³-hybridized carbons (Fsp3) is 0.500. The number of nitrogens with one attached hydrogen (secondary N) is 1. The van der Waals surface area contributed by atoms with Crippen molar-refractivity contribution >= 4 is 11.8 Å². The van der Waals surface area contributed by atoms with Crippen molar-refractivity contribution in [2.75, 3.05) is 13.7 Å². The summed E-state index contributed by atoms with van der Waals surface area (Å²) in [5, 5.41) is 3.18. The molecule has 1 saturated heterocycles. The highest BCUT2D eigenvalue weighted by molar-refractivity contribution is 6.01. The van der Waals surface area contributed by atoms with Gasteiger partial charge < -0.3 is 10.1 Å². The highest BCUT2D eigenvalue weighted by atomic mass is 16.5. The first-order valence-electron chi connectivity index (χ1n) is 7.32. The van der Waals surface area contributed by atoms with Crippen LogP contribution in [0.3, 0.4) is 0 Å². The molecule has 2 amide bonds. The minimum Gasteiger partial charge on any atom is -0.494 e. The van der Waals surface area contributed by atoms with E-state index in [1.807, 2.05) is 32.2 Å². The molecule has 0 bridgehead atoms. The second-order valence-electron chi connectivity index (χ2n) is 5.18. The Bertz CT molecular complexity index is 526. The van der Waals surface area contributed by atoms with Gasteiger partial charge in [-0.2, -0.15) is 0 Å². The van der Waals surface area contributed by atoms with E-state index in [2.05, 4.69) is 12.2 Å². The standard InChI is InChI=1S/C16H22N2O3/c1-4-21-14-6-5-12(11(2)17-3)9-13(14)10-18-15(19)7-8-16(18)20/h5-6,9,11,17H,4,7-8,10H2,1-3H3. The van der Waals surface area contributed by atoms with E-state index in [9.17, 15) is 9.59 Å². The summed E-state index contributed by atoms with van der Waals surface area (Å²) in [7, 11) is 1.90. The van der Waals surface area contributed by atoms with Gasteiger partial charge in [-0.25, -0.2) is 0 Å². The predicted molar refractivity (Wildman–Crippen MR) is 79.9 cm³/mol. The van der Waals surface area contributed by atoms with Gasteiger partial charge in [0.2, 0.25) is 11.8 Å². The summed E-state index contributed by atoms with van der Waals surface area (Å²) in [5.41, 5.74) is 1.98. The first-order chi connectivity index (χ1) is 10.1. The normalized spacial score (nSPS) is 16.4. The van der Waals surface area contributed by atoms with Crippen LogP contribution < -0.4 is 10.1 Å². The molecule has 0 aromatic heterocycles. The Balaban J connectivity index is 2.29. The van der Waals surface area contributed by atoms with Crippen LogP contribution in [-0.4, -0.2) is 30.4 Å². The average molecular weight is 290 g/mol. The van der Waals surface area contributed by atoms with Crippen LogP contribution in [0.2, 0.25) is 0 Å². The Kier molecular flexibility index (Phi) is 4.96. The lowest BCUT2D eigenvalue weighted by Crippen LogP contribution is -2.28. The molecule has 2 rings (SSSR count). The molecule has 114 valence electrons. The Morgan fingerprint density at radius 3 is 2.52 bits per heavy atom. The van der Waals surface area contributed by atoms with Gasteiger partial charge >= 0.3 is 0 Å². The van der Waals surface area contributed by atoms with Crippen LogP contribution in [-0.2, 0) is 16.1 Å². The molecule has 1 fully saturated rings. The third-order valence-electron chi connectivity index (χ3n) is 3.80. The van der Waals surface area contributed by atoms with Crippen molar-refractivity contribution in [3.05, 3.63) is 29.3 Å². The van der Waals surface area contributed by atoms with Gasteiger partial charge in [-0.05, 0) is 38.6 Å². The van der Waals surface area contributed by atoms with Crippen molar-refractivity contribution < 1.29 is 14.3 Å². The van der Waals surface area contributed by atoms with Gasteiger partial charge in [-0.15, -0.1) is 0 Å². The number of hydrogen-bond donors (Lipinski definition) is 1. The molecule has 21 heavy (non-hydrogen) atoms. The maximum atomic E-state index is 11.8. The third-order valence-corrected chi connectivity index (χ3v) is 3.80. The molecule has 1 aromatic carbocycles. The number of hydrogen-bond acceptors (Lipinski definition) is 4. The zero-order valence-corrected chi connectivity index (χ0v) is 12.8. The van der Waals surface area contributed by atoms with Crippen LogP contribution in [0.25, 0.3) is 0 Å². The lowest BCUT2D eigenvalue weighted by Gasteiger charge is -2.19. The summed E-state index contributed by atoms with van der Waals surface area (Å²) in [6.07, 6.45) is 0.630. The van der Waals surface area contributed by atoms with E-state index >= 15 is 0 Å². The van der Waals surface area contributed by atoms with Crippen molar-refractivity contribution in [3.8, 4) is 5.75 Å². The summed E-state index contributed by atoms with van der Waals surface area (Å²) >= 11 is 0. The van der Waals surface area contributed by atoms with E-state index in [1.165, 1.54) is 4.90 Å². The second kappa shape index (κ2) is 6.72. The number of carbonyl (C=O) groups excluding carboxylic acids is 2. The molecule has 5 heteroatoms. The van der Waals surface area contributed by atoms with E-state index in [1.54, 1.807) is 0 Å². The number of ether oxygens (including phenoxy) is 1. The van der Waals surface area contributed by atoms with Gasteiger partial charge in [0.25, 0.3) is 0 Å². The Labute approximate surface area is 125 Å². The molecule has 1 aliphatic rings. The lowest BCUT2D eigenvalue weighted by molar-refractivity contribution is -0.139. The van der Waals surface area contributed by atoms with Crippen molar-refractivity contribution in [2.24, 2.45) is 0 Å². The summed E-state index contributed by atoms with van der Waals surface area (Å²) in [6, 6.07) is 6.12. The van der Waals surface area contributed by atoms with Gasteiger partial charge in [0.05, 0.1) is 13.2 Å². The average Bonchev–Trinajstić information content (AvgIpc) is 2.80. The highest BCUT2D eigenvalue weighted by Crippen LogP contribution is 2.26. The SMILES string of the molecule is CCOc1ccc(C(C)NC)cc1CN1C(=O)CCC1=O. The Morgan fingerprint density at radius 1 is 1.29 bits per heavy atom. The predicted octanol–water partition coefficient (Wildman–Crippen LogP) is 2.01. The summed E-state index contributed by atoms with van der Waals surface area (Å²) in [5.74, 6) is 0.529. The lowest BCUT2D eigenvalue weighted by atomic mass is 10.0. The molecular weight excluding hydrogens is 268 g/mol. The van der Waals surface area contributed by atoms with Gasteiger partial charge in [0, 0.05) is 24.4 Å². The van der Waals surface area contributed by atoms with Gasteiger partial charge in [-0.3, -0.25) is 14.5 Å². The Morgan fingerprint density at radius 2 is 1.95 bits per heavy atom. The van der Waals surface area contributed by atoms with Crippen molar-refractivity contribution in [1.29, 1.82) is 0 Å². The van der Waals surface area contributed by atoms with Crippen molar-refractivity contribution in [2.45, 2.75) is 39.3 Å². The molecule has 0 aliphatic carbocycles. The monoisotopic (exact) mass is 290 g/mol. The van der Waals surface area contributed by atoms with Crippen molar-refractivity contribution in [3.63, 3.8) is 0 Å². The molecule has 0 spiro atoms. The maximum absolute atomic E-state index is 11.8. The zero-order valence-electron chi connectivity index (χ0n) is 12.8. The highest BCUT2D eigenvalue weighted by Gasteiger charge is 2.29. The van der Waals surface area contributed by atoms with Gasteiger partial charge in [-0.1, -0.05) is 6.07 Å². The first-order valence-corrected chi connectivity index (χ1v) is 7.32. The van der Waals surface area contributed by atoms with E-state index in [0.717, 1.165) is 16.9 Å². The minimum atomic E-state index is -0.102. The number of imide groups is 1. The number of carbonyl (C=O) groups is 2. The molecule has 0 radical (unpaired) electrons. The second-order valence-corrected chi connectivity index (χ2v) is 5.18. The third kappa shape index (κ3) is 3.42. The Hall–Kier alpha value is -1.88. The molecule has 1 unspecified atom stereocenters. The molecule has 1 atom stereocenters. The van der Waals surface area contributed by atoms with Crippen LogP contribution in [0.4, 0.5) is 0 Å². The molecule has 1 N–H and O–H groups in total. The summed E-state index contributed by atoms with van der Waals surface area (Å²) < 4.78 is 5.62. The van der Waals surface area contributed by atoms with Crippen molar-refractivity contribution in [1.82, 2.24) is 10.2 Å². The van der Waals surface area contributed by atoms with Gasteiger partial charge in [0.1, 0.15) is 5.75 Å². The summed E-state index contributed by atoms with van der Waals surface area (Å²) in [4.78, 5) is 24.9. The van der Waals surface area contributed by atoms with E-state index in [-0.39, 0.29) is 24.4 Å². The molecule has 1 aromatic rings. The zero-order chi connectivity index (χ0) is 15.4. The number of likely N-dealkylation sites (tertiary alicyclic amines) is 1. The minimum absolute atomic E-state index is 0.102. The summed E-state index contributed by atoms with van der Waals surface area (Å²) in [6.45, 7) is 4.82. The number of amides is 2. The first kappa shape index (κ1) is 15.5. The smallest absolute Gasteiger partial charge is 0.230 e. The molecule has 0 saturated carbocycles. The number of rotatable bonds is 6. The fourth-order valence-electron chi connectivity index (χ4n) is 2.42. The van der Waals surface area contributed by atoms with Crippen LogP contribution in [0.15, 0.2) is 18.2 Å². The number of benzene rings is 1. The quantitative estimate of drug-likeness (QED) is 0.814. The van der Waals surface area contributed by atoms with Crippen LogP contribution in [0.5, 0.6) is 5.75 Å². The molecule has 5 nitrogen and oxygen atoms in total. The van der Waals surface area contributed by atoms with E-state index < -0.39 is 0 Å². The van der Waals surface area contributed by atoms with E-state index in [4.69, 9.17) is 4.74 Å². The van der Waals surface area contributed by atoms with Crippen LogP contribution in [0, 0.1) is 0 Å². The molecule has 1 heterocycles. The largest absolute Gasteiger partial charge is 0.494 e. The van der Waals surface area contributed by atoms with Gasteiger partial charge in [0.15, 0.2) is 0 Å². The molecule has 1 aliphatic heterocycles. The van der Waals surface area contributed by atoms with Crippen LogP contribution >= 0.6 is 0 Å².